The normalized spacial score (nSPS) is 10.4. The Morgan fingerprint density at radius 2 is 2.13 bits per heavy atom. The van der Waals surface area contributed by atoms with Crippen LogP contribution in [0.2, 0.25) is 0 Å². The molecule has 7 heteroatoms. The number of anilines is 1. The quantitative estimate of drug-likeness (QED) is 0.640. The van der Waals surface area contributed by atoms with E-state index >= 15 is 0 Å². The average molecular weight is 350 g/mol. The van der Waals surface area contributed by atoms with Crippen molar-refractivity contribution in [2.45, 2.75) is 25.2 Å². The van der Waals surface area contributed by atoms with Crippen LogP contribution in [0.4, 0.5) is 5.13 Å². The smallest absolute Gasteiger partial charge is 0.311 e. The number of amides is 1. The van der Waals surface area contributed by atoms with Crippen molar-refractivity contribution in [3.8, 4) is 0 Å². The Kier molecular flexibility index (Phi) is 6.18. The van der Waals surface area contributed by atoms with Crippen LogP contribution in [0.15, 0.2) is 28.5 Å². The fourth-order valence-corrected chi connectivity index (χ4v) is 3.46. The number of thioether (sulfide) groups is 1. The van der Waals surface area contributed by atoms with Gasteiger partial charge in [0, 0.05) is 10.3 Å². The minimum absolute atomic E-state index is 0.111. The number of hydrogen-bond donors (Lipinski definition) is 1. The van der Waals surface area contributed by atoms with E-state index in [4.69, 9.17) is 0 Å². The molecule has 1 aromatic carbocycles. The number of esters is 1. The number of methoxy groups -OCH3 is 1. The number of hydrogen-bond acceptors (Lipinski definition) is 6. The molecule has 0 atom stereocenters. The van der Waals surface area contributed by atoms with Gasteiger partial charge in [-0.05, 0) is 25.5 Å². The van der Waals surface area contributed by atoms with Gasteiger partial charge in [0.1, 0.15) is 0 Å². The van der Waals surface area contributed by atoms with Crippen LogP contribution in [0.3, 0.4) is 0 Å². The van der Waals surface area contributed by atoms with E-state index in [0.29, 0.717) is 16.6 Å². The van der Waals surface area contributed by atoms with Crippen molar-refractivity contribution in [3.63, 3.8) is 0 Å². The van der Waals surface area contributed by atoms with Crippen LogP contribution in [0, 0.1) is 13.8 Å². The molecule has 0 aliphatic carbocycles. The van der Waals surface area contributed by atoms with Gasteiger partial charge >= 0.3 is 5.97 Å². The van der Waals surface area contributed by atoms with Gasteiger partial charge in [-0.1, -0.05) is 17.7 Å². The predicted octanol–water partition coefficient (Wildman–Crippen LogP) is 3.21. The third-order valence-electron chi connectivity index (χ3n) is 3.04. The van der Waals surface area contributed by atoms with Gasteiger partial charge < -0.3 is 10.1 Å². The van der Waals surface area contributed by atoms with Crippen LogP contribution in [0.25, 0.3) is 0 Å². The number of aryl methyl sites for hydroxylation is 2. The fraction of sp³-hybridized carbons (Fsp3) is 0.312. The molecule has 0 aliphatic rings. The molecule has 0 radical (unpaired) electrons. The lowest BCUT2D eigenvalue weighted by Gasteiger charge is -2.06. The Morgan fingerprint density at radius 3 is 2.83 bits per heavy atom. The minimum Gasteiger partial charge on any atom is -0.469 e. The second kappa shape index (κ2) is 8.12. The summed E-state index contributed by atoms with van der Waals surface area (Å²) in [5, 5.41) is 4.99. The first kappa shape index (κ1) is 17.5. The monoisotopic (exact) mass is 350 g/mol. The zero-order valence-electron chi connectivity index (χ0n) is 13.2. The van der Waals surface area contributed by atoms with Crippen LogP contribution in [0.1, 0.15) is 16.8 Å². The third kappa shape index (κ3) is 5.37. The highest BCUT2D eigenvalue weighted by Crippen LogP contribution is 2.23. The van der Waals surface area contributed by atoms with Gasteiger partial charge in [-0.2, -0.15) is 0 Å². The Balaban J connectivity index is 1.86. The summed E-state index contributed by atoms with van der Waals surface area (Å²) < 4.78 is 4.59. The number of thiazole rings is 1. The van der Waals surface area contributed by atoms with E-state index < -0.39 is 0 Å². The zero-order valence-corrected chi connectivity index (χ0v) is 14.8. The Bertz CT molecular complexity index is 713. The molecule has 122 valence electrons. The molecule has 0 saturated heterocycles. The lowest BCUT2D eigenvalue weighted by atomic mass is 10.2. The summed E-state index contributed by atoms with van der Waals surface area (Å²) in [6.07, 6.45) is 0.111. The topological polar surface area (TPSA) is 68.3 Å². The number of benzene rings is 1. The maximum absolute atomic E-state index is 12.0. The van der Waals surface area contributed by atoms with Crippen molar-refractivity contribution in [1.29, 1.82) is 0 Å². The van der Waals surface area contributed by atoms with Crippen LogP contribution >= 0.6 is 23.1 Å². The lowest BCUT2D eigenvalue weighted by molar-refractivity contribution is -0.139. The summed E-state index contributed by atoms with van der Waals surface area (Å²) >= 11 is 2.79. The van der Waals surface area contributed by atoms with Gasteiger partial charge in [-0.3, -0.25) is 9.59 Å². The van der Waals surface area contributed by atoms with E-state index in [1.165, 1.54) is 35.8 Å². The van der Waals surface area contributed by atoms with Gasteiger partial charge in [0.05, 0.1) is 25.0 Å². The number of nitrogens with one attached hydrogen (secondary N) is 1. The zero-order chi connectivity index (χ0) is 16.8. The van der Waals surface area contributed by atoms with Crippen molar-refractivity contribution >= 4 is 40.1 Å². The molecule has 0 saturated carbocycles. The second-order valence-corrected chi connectivity index (χ2v) is 6.88. The molecule has 0 aliphatic heterocycles. The van der Waals surface area contributed by atoms with Gasteiger partial charge in [-0.25, -0.2) is 4.98 Å². The van der Waals surface area contributed by atoms with E-state index in [1.807, 2.05) is 26.0 Å². The molecule has 1 heterocycles. The predicted molar refractivity (Wildman–Crippen MR) is 93.1 cm³/mol. The fourth-order valence-electron chi connectivity index (χ4n) is 1.93. The van der Waals surface area contributed by atoms with E-state index in [9.17, 15) is 9.59 Å². The highest BCUT2D eigenvalue weighted by atomic mass is 32.2. The standard InChI is InChI=1S/C16H18N2O3S2/c1-10-4-5-13(11(2)6-10)22-9-14(19)18-16-17-12(8-23-16)7-15(20)21-3/h4-6,8H,7,9H2,1-3H3,(H,17,18,19). The second-order valence-electron chi connectivity index (χ2n) is 5.00. The van der Waals surface area contributed by atoms with Crippen LogP contribution in [-0.4, -0.2) is 29.7 Å². The average Bonchev–Trinajstić information content (AvgIpc) is 2.93. The molecule has 1 aromatic heterocycles. The Hall–Kier alpha value is -1.86. The SMILES string of the molecule is COC(=O)Cc1csc(NC(=O)CSc2ccc(C)cc2C)n1. The van der Waals surface area contributed by atoms with Crippen molar-refractivity contribution in [2.24, 2.45) is 0 Å². The molecule has 0 bridgehead atoms. The van der Waals surface area contributed by atoms with Gasteiger partial charge in [0.2, 0.25) is 5.91 Å². The van der Waals surface area contributed by atoms with E-state index in [-0.39, 0.29) is 18.3 Å². The number of rotatable bonds is 6. The number of carbonyl (C=O) groups excluding carboxylic acids is 2. The van der Waals surface area contributed by atoms with Crippen LogP contribution in [-0.2, 0) is 20.7 Å². The maximum atomic E-state index is 12.0. The van der Waals surface area contributed by atoms with Crippen LogP contribution in [0.5, 0.6) is 0 Å². The minimum atomic E-state index is -0.349. The number of ether oxygens (including phenoxy) is 1. The van der Waals surface area contributed by atoms with Gasteiger partial charge in [-0.15, -0.1) is 23.1 Å². The van der Waals surface area contributed by atoms with Crippen molar-refractivity contribution in [3.05, 3.63) is 40.4 Å². The molecule has 0 unspecified atom stereocenters. The summed E-state index contributed by atoms with van der Waals surface area (Å²) in [6, 6.07) is 6.16. The first-order valence-corrected chi connectivity index (χ1v) is 8.85. The molecule has 2 rings (SSSR count). The third-order valence-corrected chi connectivity index (χ3v) is 5.02. The van der Waals surface area contributed by atoms with Gasteiger partial charge in [0.25, 0.3) is 0 Å². The summed E-state index contributed by atoms with van der Waals surface area (Å²) in [5.74, 6) is -0.150. The van der Waals surface area contributed by atoms with Crippen molar-refractivity contribution < 1.29 is 14.3 Å². The van der Waals surface area contributed by atoms with Crippen LogP contribution < -0.4 is 5.32 Å². The van der Waals surface area contributed by atoms with Gasteiger partial charge in [0.15, 0.2) is 5.13 Å². The molecule has 2 aromatic rings. The molecule has 5 nitrogen and oxygen atoms in total. The number of carbonyl (C=O) groups is 2. The molecule has 0 fully saturated rings. The molecule has 0 spiro atoms. The Morgan fingerprint density at radius 1 is 1.35 bits per heavy atom. The van der Waals surface area contributed by atoms with Crippen molar-refractivity contribution in [1.82, 2.24) is 4.98 Å². The van der Waals surface area contributed by atoms with Crippen molar-refractivity contribution in [2.75, 3.05) is 18.2 Å². The highest BCUT2D eigenvalue weighted by molar-refractivity contribution is 8.00. The molecule has 23 heavy (non-hydrogen) atoms. The molecular formula is C16H18N2O3S2. The lowest BCUT2D eigenvalue weighted by Crippen LogP contribution is -2.14. The summed E-state index contributed by atoms with van der Waals surface area (Å²) in [6.45, 7) is 4.08. The van der Waals surface area contributed by atoms with E-state index in [0.717, 1.165) is 10.5 Å². The summed E-state index contributed by atoms with van der Waals surface area (Å²) in [7, 11) is 1.33. The molecule has 1 amide bonds. The highest BCUT2D eigenvalue weighted by Gasteiger charge is 2.10. The molecular weight excluding hydrogens is 332 g/mol. The maximum Gasteiger partial charge on any atom is 0.311 e. The number of nitrogens with zero attached hydrogens (tertiary/aromatic N) is 1. The van der Waals surface area contributed by atoms with E-state index in [1.54, 1.807) is 5.38 Å². The number of aromatic nitrogens is 1. The largest absolute Gasteiger partial charge is 0.469 e. The molecule has 1 N–H and O–H groups in total. The first-order valence-electron chi connectivity index (χ1n) is 6.99. The first-order chi connectivity index (χ1) is 11.0. The van der Waals surface area contributed by atoms with E-state index in [2.05, 4.69) is 21.1 Å². The summed E-state index contributed by atoms with van der Waals surface area (Å²) in [5.41, 5.74) is 2.97. The Labute approximate surface area is 143 Å². The summed E-state index contributed by atoms with van der Waals surface area (Å²) in [4.78, 5) is 28.5.